The Morgan fingerprint density at radius 1 is 1.05 bits per heavy atom. The number of rotatable bonds is 4. The fraction of sp³-hybridized carbons (Fsp3) is 0.438. The van der Waals surface area contributed by atoms with Crippen LogP contribution in [0.4, 0.5) is 4.79 Å². The Kier molecular flexibility index (Phi) is 6.83. The van der Waals surface area contributed by atoms with Crippen LogP contribution < -0.4 is 5.46 Å². The second-order valence-corrected chi connectivity index (χ2v) is 14.2. The quantitative estimate of drug-likeness (QED) is 0.260. The highest BCUT2D eigenvalue weighted by Gasteiger charge is 2.51. The van der Waals surface area contributed by atoms with Gasteiger partial charge in [0.15, 0.2) is 0 Å². The van der Waals surface area contributed by atoms with E-state index in [2.05, 4.69) is 86.2 Å². The van der Waals surface area contributed by atoms with Gasteiger partial charge in [-0.25, -0.2) is 9.78 Å². The van der Waals surface area contributed by atoms with E-state index >= 15 is 0 Å². The van der Waals surface area contributed by atoms with Gasteiger partial charge in [-0.15, -0.1) is 11.3 Å². The van der Waals surface area contributed by atoms with Crippen LogP contribution in [0.5, 0.6) is 0 Å². The fourth-order valence-corrected chi connectivity index (χ4v) is 6.49. The van der Waals surface area contributed by atoms with E-state index < -0.39 is 5.60 Å². The number of hydrogen-bond donors (Lipinski definition) is 1. The first-order chi connectivity index (χ1) is 19.3. The Morgan fingerprint density at radius 3 is 2.41 bits per heavy atom. The molecule has 2 aliphatic rings. The zero-order chi connectivity index (χ0) is 29.2. The average Bonchev–Trinajstić information content (AvgIpc) is 3.68. The summed E-state index contributed by atoms with van der Waals surface area (Å²) in [4.78, 5) is 23.9. The van der Waals surface area contributed by atoms with E-state index in [1.54, 1.807) is 16.2 Å². The number of nitrogens with zero attached hydrogens (tertiary/aromatic N) is 2. The van der Waals surface area contributed by atoms with E-state index in [0.717, 1.165) is 35.4 Å². The Hall–Kier alpha value is -3.14. The monoisotopic (exact) mass is 571 g/mol. The standard InChI is InChI=1S/C32H38BN3O4S/c1-30(2,3)38-29(37)36-16-8-9-25(36)28-34-19-24(35-28)20-10-12-21(13-11-20)26-17-22-14-15-23(18-27(22)41-26)33-39-31(4,5)32(6,7)40-33/h10-15,17-19,25H,8-9,16H2,1-7H3,(H,34,35)/t25-/m0/s1. The molecule has 4 aromatic rings. The van der Waals surface area contributed by atoms with Gasteiger partial charge < -0.3 is 19.0 Å². The molecule has 0 radical (unpaired) electrons. The summed E-state index contributed by atoms with van der Waals surface area (Å²) in [7, 11) is -0.367. The number of nitrogens with one attached hydrogen (secondary N) is 1. The number of H-pyrrole nitrogens is 1. The molecule has 7 nitrogen and oxygen atoms in total. The van der Waals surface area contributed by atoms with E-state index in [4.69, 9.17) is 14.0 Å². The molecule has 41 heavy (non-hydrogen) atoms. The van der Waals surface area contributed by atoms with Crippen LogP contribution in [0.3, 0.4) is 0 Å². The van der Waals surface area contributed by atoms with Crippen molar-refractivity contribution in [2.24, 2.45) is 0 Å². The van der Waals surface area contributed by atoms with Crippen LogP contribution in [0.1, 0.15) is 73.2 Å². The van der Waals surface area contributed by atoms with E-state index in [1.165, 1.54) is 20.5 Å². The van der Waals surface area contributed by atoms with Gasteiger partial charge >= 0.3 is 13.2 Å². The van der Waals surface area contributed by atoms with Gasteiger partial charge in [0.05, 0.1) is 29.1 Å². The summed E-state index contributed by atoms with van der Waals surface area (Å²) in [6.45, 7) is 14.7. The second kappa shape index (κ2) is 10.00. The molecule has 1 amide bonds. The van der Waals surface area contributed by atoms with Crippen molar-refractivity contribution in [2.45, 2.75) is 84.2 Å². The number of thiophene rings is 1. The van der Waals surface area contributed by atoms with Gasteiger partial charge in [-0.05, 0) is 95.4 Å². The number of likely N-dealkylation sites (tertiary alicyclic amines) is 1. The van der Waals surface area contributed by atoms with E-state index in [1.807, 2.05) is 27.0 Å². The Labute approximate surface area is 246 Å². The first-order valence-corrected chi connectivity index (χ1v) is 15.2. The van der Waals surface area contributed by atoms with Gasteiger partial charge in [-0.3, -0.25) is 4.90 Å². The van der Waals surface area contributed by atoms with E-state index in [0.29, 0.717) is 6.54 Å². The normalized spacial score (nSPS) is 20.2. The van der Waals surface area contributed by atoms with Crippen LogP contribution in [-0.4, -0.2) is 51.4 Å². The summed E-state index contributed by atoms with van der Waals surface area (Å²) < 4.78 is 19.4. The molecule has 1 atom stereocenters. The number of fused-ring (bicyclic) bond motifs is 1. The molecule has 0 unspecified atom stereocenters. The maximum absolute atomic E-state index is 12.7. The van der Waals surface area contributed by atoms with E-state index in [9.17, 15) is 4.79 Å². The SMILES string of the molecule is CC(C)(C)OC(=O)N1CCC[C@H]1c1ncc(-c2ccc(-c3cc4ccc(B5OC(C)(C)C(C)(C)O5)cc4s3)cc2)[nH]1. The van der Waals surface area contributed by atoms with Crippen LogP contribution in [-0.2, 0) is 14.0 Å². The van der Waals surface area contributed by atoms with Crippen LogP contribution in [0, 0.1) is 0 Å². The van der Waals surface area contributed by atoms with Gasteiger partial charge in [0.1, 0.15) is 11.4 Å². The zero-order valence-corrected chi connectivity index (χ0v) is 25.7. The summed E-state index contributed by atoms with van der Waals surface area (Å²) in [5, 5.41) is 1.21. The molecule has 2 aliphatic heterocycles. The van der Waals surface area contributed by atoms with Gasteiger partial charge in [0.25, 0.3) is 0 Å². The lowest BCUT2D eigenvalue weighted by Crippen LogP contribution is -2.41. The number of amides is 1. The Morgan fingerprint density at radius 2 is 1.73 bits per heavy atom. The molecule has 2 saturated heterocycles. The highest BCUT2D eigenvalue weighted by atomic mass is 32.1. The highest BCUT2D eigenvalue weighted by Crippen LogP contribution is 2.38. The predicted molar refractivity (Wildman–Crippen MR) is 165 cm³/mol. The summed E-state index contributed by atoms with van der Waals surface area (Å²) in [5.74, 6) is 0.801. The first-order valence-electron chi connectivity index (χ1n) is 14.3. The average molecular weight is 572 g/mol. The maximum atomic E-state index is 12.7. The number of carbonyl (C=O) groups is 1. The minimum atomic E-state index is -0.524. The number of benzene rings is 2. The maximum Gasteiger partial charge on any atom is 0.494 e. The first kappa shape index (κ1) is 28.0. The minimum absolute atomic E-state index is 0.0986. The number of aromatic amines is 1. The molecule has 6 rings (SSSR count). The Balaban J connectivity index is 1.18. The molecule has 214 valence electrons. The molecular weight excluding hydrogens is 533 g/mol. The molecule has 0 saturated carbocycles. The Bertz CT molecular complexity index is 1570. The van der Waals surface area contributed by atoms with E-state index in [-0.39, 0.29) is 30.5 Å². The molecular formula is C32H38BN3O4S. The number of hydrogen-bond acceptors (Lipinski definition) is 6. The third-order valence-corrected chi connectivity index (χ3v) is 9.49. The van der Waals surface area contributed by atoms with Crippen molar-refractivity contribution >= 4 is 40.1 Å². The summed E-state index contributed by atoms with van der Waals surface area (Å²) in [6.07, 6.45) is 3.37. The van der Waals surface area contributed by atoms with Gasteiger partial charge in [-0.1, -0.05) is 36.4 Å². The zero-order valence-electron chi connectivity index (χ0n) is 24.9. The van der Waals surface area contributed by atoms with Crippen molar-refractivity contribution in [3.8, 4) is 21.7 Å². The molecule has 0 spiro atoms. The van der Waals surface area contributed by atoms with Crippen LogP contribution in [0.2, 0.25) is 0 Å². The molecule has 1 N–H and O–H groups in total. The van der Waals surface area contributed by atoms with Crippen molar-refractivity contribution < 1.29 is 18.8 Å². The molecule has 4 heterocycles. The lowest BCUT2D eigenvalue weighted by molar-refractivity contribution is 0.00578. The van der Waals surface area contributed by atoms with Crippen molar-refractivity contribution in [3.05, 3.63) is 60.6 Å². The van der Waals surface area contributed by atoms with Gasteiger partial charge in [-0.2, -0.15) is 0 Å². The molecule has 9 heteroatoms. The topological polar surface area (TPSA) is 76.7 Å². The third-order valence-electron chi connectivity index (χ3n) is 8.34. The van der Waals surface area contributed by atoms with Crippen molar-refractivity contribution in [1.29, 1.82) is 0 Å². The lowest BCUT2D eigenvalue weighted by Gasteiger charge is -2.32. The summed E-state index contributed by atoms with van der Waals surface area (Å²) >= 11 is 1.77. The predicted octanol–water partition coefficient (Wildman–Crippen LogP) is 7.33. The van der Waals surface area contributed by atoms with Crippen molar-refractivity contribution in [2.75, 3.05) is 6.54 Å². The third kappa shape index (κ3) is 5.43. The number of carbonyl (C=O) groups excluding carboxylic acids is 1. The molecule has 0 aliphatic carbocycles. The van der Waals surface area contributed by atoms with Crippen molar-refractivity contribution in [3.63, 3.8) is 0 Å². The molecule has 0 bridgehead atoms. The van der Waals surface area contributed by atoms with Crippen LogP contribution >= 0.6 is 11.3 Å². The highest BCUT2D eigenvalue weighted by molar-refractivity contribution is 7.22. The van der Waals surface area contributed by atoms with Gasteiger partial charge in [0.2, 0.25) is 0 Å². The lowest BCUT2D eigenvalue weighted by atomic mass is 9.79. The van der Waals surface area contributed by atoms with Crippen LogP contribution in [0.15, 0.2) is 54.7 Å². The van der Waals surface area contributed by atoms with Gasteiger partial charge in [0, 0.05) is 16.1 Å². The van der Waals surface area contributed by atoms with Crippen molar-refractivity contribution in [1.82, 2.24) is 14.9 Å². The summed E-state index contributed by atoms with van der Waals surface area (Å²) in [5.41, 5.74) is 2.95. The smallest absolute Gasteiger partial charge is 0.444 e. The molecule has 2 aromatic carbocycles. The van der Waals surface area contributed by atoms with Crippen LogP contribution in [0.25, 0.3) is 31.8 Å². The summed E-state index contributed by atoms with van der Waals surface area (Å²) in [6, 6.07) is 17.1. The largest absolute Gasteiger partial charge is 0.494 e. The fourth-order valence-electron chi connectivity index (χ4n) is 5.37. The molecule has 2 fully saturated rings. The minimum Gasteiger partial charge on any atom is -0.444 e. The number of imidazole rings is 1. The second-order valence-electron chi connectivity index (χ2n) is 13.1. The molecule has 2 aromatic heterocycles. The number of ether oxygens (including phenoxy) is 1. The number of aromatic nitrogens is 2.